The SMILES string of the molecule is CCCCNC(=O)[C@H](C)N(Cc1ccccc1)C(=O)CN1C(=O)c2ccccc2S1(=O)=O. The Labute approximate surface area is 188 Å². The lowest BCUT2D eigenvalue weighted by molar-refractivity contribution is -0.140. The summed E-state index contributed by atoms with van der Waals surface area (Å²) in [5.41, 5.74) is 0.827. The molecule has 170 valence electrons. The van der Waals surface area contributed by atoms with Crippen LogP contribution in [0.15, 0.2) is 59.5 Å². The van der Waals surface area contributed by atoms with Gasteiger partial charge < -0.3 is 10.2 Å². The fourth-order valence-corrected chi connectivity index (χ4v) is 5.02. The van der Waals surface area contributed by atoms with Crippen molar-refractivity contribution in [2.75, 3.05) is 13.1 Å². The number of nitrogens with zero attached hydrogens (tertiary/aromatic N) is 2. The highest BCUT2D eigenvalue weighted by molar-refractivity contribution is 7.90. The zero-order chi connectivity index (χ0) is 23.3. The van der Waals surface area contributed by atoms with Gasteiger partial charge in [0.15, 0.2) is 0 Å². The molecule has 1 heterocycles. The Balaban J connectivity index is 1.84. The van der Waals surface area contributed by atoms with E-state index >= 15 is 0 Å². The molecule has 1 N–H and O–H groups in total. The van der Waals surface area contributed by atoms with Crippen LogP contribution in [0.25, 0.3) is 0 Å². The van der Waals surface area contributed by atoms with Gasteiger partial charge in [-0.05, 0) is 31.0 Å². The monoisotopic (exact) mass is 457 g/mol. The lowest BCUT2D eigenvalue weighted by atomic mass is 10.1. The number of benzene rings is 2. The van der Waals surface area contributed by atoms with Crippen LogP contribution in [0.2, 0.25) is 0 Å². The largest absolute Gasteiger partial charge is 0.354 e. The van der Waals surface area contributed by atoms with Gasteiger partial charge in [0.05, 0.1) is 5.56 Å². The van der Waals surface area contributed by atoms with E-state index in [1.165, 1.54) is 23.1 Å². The number of carbonyl (C=O) groups is 3. The molecule has 1 aliphatic rings. The summed E-state index contributed by atoms with van der Waals surface area (Å²) in [6.45, 7) is 3.52. The highest BCUT2D eigenvalue weighted by Crippen LogP contribution is 2.30. The van der Waals surface area contributed by atoms with Crippen LogP contribution in [0.1, 0.15) is 42.6 Å². The second-order valence-corrected chi connectivity index (χ2v) is 9.47. The van der Waals surface area contributed by atoms with E-state index in [1.807, 2.05) is 37.3 Å². The van der Waals surface area contributed by atoms with E-state index in [2.05, 4.69) is 5.32 Å². The van der Waals surface area contributed by atoms with Crippen LogP contribution in [-0.2, 0) is 26.2 Å². The van der Waals surface area contributed by atoms with Gasteiger partial charge in [-0.25, -0.2) is 12.7 Å². The molecule has 0 aliphatic carbocycles. The fourth-order valence-electron chi connectivity index (χ4n) is 3.50. The van der Waals surface area contributed by atoms with Gasteiger partial charge in [0.2, 0.25) is 11.8 Å². The maximum atomic E-state index is 13.3. The molecule has 2 aromatic carbocycles. The smallest absolute Gasteiger partial charge is 0.269 e. The number of rotatable bonds is 9. The fraction of sp³-hybridized carbons (Fsp3) is 0.348. The van der Waals surface area contributed by atoms with Crippen molar-refractivity contribution in [2.24, 2.45) is 0 Å². The number of sulfonamides is 1. The van der Waals surface area contributed by atoms with Crippen LogP contribution in [0.4, 0.5) is 0 Å². The molecule has 0 aromatic heterocycles. The molecule has 3 amide bonds. The van der Waals surface area contributed by atoms with Crippen LogP contribution in [-0.4, -0.2) is 54.5 Å². The first-order valence-corrected chi connectivity index (χ1v) is 12.0. The van der Waals surface area contributed by atoms with Crippen molar-refractivity contribution in [3.05, 3.63) is 65.7 Å². The Hall–Kier alpha value is -3.20. The van der Waals surface area contributed by atoms with Crippen LogP contribution in [0, 0.1) is 0 Å². The number of carbonyl (C=O) groups excluding carboxylic acids is 3. The predicted molar refractivity (Wildman–Crippen MR) is 119 cm³/mol. The summed E-state index contributed by atoms with van der Waals surface area (Å²) < 4.78 is 26.3. The molecule has 1 aliphatic heterocycles. The van der Waals surface area contributed by atoms with E-state index in [0.29, 0.717) is 10.8 Å². The van der Waals surface area contributed by atoms with Gasteiger partial charge in [-0.2, -0.15) is 0 Å². The van der Waals surface area contributed by atoms with Gasteiger partial charge in [0, 0.05) is 13.1 Å². The van der Waals surface area contributed by atoms with Gasteiger partial charge in [-0.15, -0.1) is 0 Å². The molecule has 0 fully saturated rings. The van der Waals surface area contributed by atoms with Crippen LogP contribution < -0.4 is 5.32 Å². The Morgan fingerprint density at radius 3 is 2.38 bits per heavy atom. The summed E-state index contributed by atoms with van der Waals surface area (Å²) in [6, 6.07) is 14.1. The van der Waals surface area contributed by atoms with Gasteiger partial charge in [-0.3, -0.25) is 14.4 Å². The molecule has 0 spiro atoms. The molecule has 0 saturated carbocycles. The highest BCUT2D eigenvalue weighted by Gasteiger charge is 2.43. The van der Waals surface area contributed by atoms with Crippen molar-refractivity contribution < 1.29 is 22.8 Å². The van der Waals surface area contributed by atoms with Crippen molar-refractivity contribution in [3.8, 4) is 0 Å². The summed E-state index contributed by atoms with van der Waals surface area (Å²) in [7, 11) is -4.12. The van der Waals surface area contributed by atoms with Gasteiger partial charge >= 0.3 is 0 Å². The van der Waals surface area contributed by atoms with E-state index in [4.69, 9.17) is 0 Å². The normalized spacial score (nSPS) is 15.2. The first-order valence-electron chi connectivity index (χ1n) is 10.5. The molecular formula is C23H27N3O5S. The second-order valence-electron chi connectivity index (χ2n) is 7.64. The summed E-state index contributed by atoms with van der Waals surface area (Å²) in [5.74, 6) is -1.70. The Kier molecular flexibility index (Phi) is 7.29. The molecule has 8 nitrogen and oxygen atoms in total. The van der Waals surface area contributed by atoms with Crippen LogP contribution in [0.3, 0.4) is 0 Å². The molecule has 32 heavy (non-hydrogen) atoms. The van der Waals surface area contributed by atoms with E-state index in [9.17, 15) is 22.8 Å². The van der Waals surface area contributed by atoms with Crippen molar-refractivity contribution in [1.82, 2.24) is 14.5 Å². The number of fused-ring (bicyclic) bond motifs is 1. The summed E-state index contributed by atoms with van der Waals surface area (Å²) in [6.07, 6.45) is 1.72. The van der Waals surface area contributed by atoms with Crippen LogP contribution in [0.5, 0.6) is 0 Å². The molecule has 0 saturated heterocycles. The summed E-state index contributed by atoms with van der Waals surface area (Å²) in [5, 5.41) is 2.81. The molecule has 9 heteroatoms. The first kappa shape index (κ1) is 23.5. The predicted octanol–water partition coefficient (Wildman–Crippen LogP) is 2.16. The van der Waals surface area contributed by atoms with Crippen molar-refractivity contribution in [1.29, 1.82) is 0 Å². The van der Waals surface area contributed by atoms with Gasteiger partial charge in [-0.1, -0.05) is 55.8 Å². The number of hydrogen-bond donors (Lipinski definition) is 1. The lowest BCUT2D eigenvalue weighted by Crippen LogP contribution is -2.51. The zero-order valence-corrected chi connectivity index (χ0v) is 19.0. The summed E-state index contributed by atoms with van der Waals surface area (Å²) in [4.78, 5) is 39.8. The standard InChI is InChI=1S/C23H27N3O5S/c1-3-4-14-24-22(28)17(2)25(15-18-10-6-5-7-11-18)21(27)16-26-23(29)19-12-8-9-13-20(19)32(26,30)31/h5-13,17H,3-4,14-16H2,1-2H3,(H,24,28)/t17-/m0/s1. The third kappa shape index (κ3) is 4.83. The minimum absolute atomic E-state index is 0.0419. The van der Waals surface area contributed by atoms with Crippen molar-refractivity contribution >= 4 is 27.7 Å². The quantitative estimate of drug-likeness (QED) is 0.581. The van der Waals surface area contributed by atoms with E-state index < -0.39 is 34.4 Å². The second kappa shape index (κ2) is 9.95. The molecule has 2 aromatic rings. The maximum Gasteiger partial charge on any atom is 0.269 e. The average molecular weight is 458 g/mol. The molecule has 0 unspecified atom stereocenters. The minimum Gasteiger partial charge on any atom is -0.354 e. The van der Waals surface area contributed by atoms with E-state index in [1.54, 1.807) is 13.0 Å². The molecule has 0 radical (unpaired) electrons. The Morgan fingerprint density at radius 2 is 1.72 bits per heavy atom. The Bertz CT molecular complexity index is 1100. The molecule has 0 bridgehead atoms. The first-order chi connectivity index (χ1) is 15.3. The highest BCUT2D eigenvalue weighted by atomic mass is 32.2. The minimum atomic E-state index is -4.12. The Morgan fingerprint density at radius 1 is 1.06 bits per heavy atom. The zero-order valence-electron chi connectivity index (χ0n) is 18.2. The topological polar surface area (TPSA) is 104 Å². The third-order valence-electron chi connectivity index (χ3n) is 5.38. The average Bonchev–Trinajstić information content (AvgIpc) is 2.98. The lowest BCUT2D eigenvalue weighted by Gasteiger charge is -2.30. The van der Waals surface area contributed by atoms with Crippen molar-refractivity contribution in [3.63, 3.8) is 0 Å². The van der Waals surface area contributed by atoms with Gasteiger partial charge in [0.1, 0.15) is 17.5 Å². The van der Waals surface area contributed by atoms with Crippen molar-refractivity contribution in [2.45, 2.75) is 44.2 Å². The number of amides is 3. The van der Waals surface area contributed by atoms with Crippen LogP contribution >= 0.6 is 0 Å². The van der Waals surface area contributed by atoms with Gasteiger partial charge in [0.25, 0.3) is 15.9 Å². The number of nitrogens with one attached hydrogen (secondary N) is 1. The molecule has 3 rings (SSSR count). The van der Waals surface area contributed by atoms with E-state index in [0.717, 1.165) is 18.4 Å². The third-order valence-corrected chi connectivity index (χ3v) is 7.17. The molecule has 1 atom stereocenters. The number of hydrogen-bond acceptors (Lipinski definition) is 5. The maximum absolute atomic E-state index is 13.3. The molecular weight excluding hydrogens is 430 g/mol. The summed E-state index contributed by atoms with van der Waals surface area (Å²) >= 11 is 0. The number of unbranched alkanes of at least 4 members (excludes halogenated alkanes) is 1. The van der Waals surface area contributed by atoms with E-state index in [-0.39, 0.29) is 22.9 Å².